The SMILES string of the molecule is CCCC(NC)C1CCCCCCC1. The molecule has 0 amide bonds. The van der Waals surface area contributed by atoms with Gasteiger partial charge in [-0.05, 0) is 32.2 Å². The summed E-state index contributed by atoms with van der Waals surface area (Å²) in [5.41, 5.74) is 0. The molecule has 84 valence electrons. The van der Waals surface area contributed by atoms with E-state index in [0.717, 1.165) is 12.0 Å². The van der Waals surface area contributed by atoms with Gasteiger partial charge in [0.15, 0.2) is 0 Å². The minimum Gasteiger partial charge on any atom is -0.317 e. The predicted molar refractivity (Wildman–Crippen MR) is 63.6 cm³/mol. The third-order valence-corrected chi connectivity index (χ3v) is 3.69. The van der Waals surface area contributed by atoms with Crippen LogP contribution in [-0.2, 0) is 0 Å². The van der Waals surface area contributed by atoms with Gasteiger partial charge in [-0.15, -0.1) is 0 Å². The molecule has 1 unspecified atom stereocenters. The molecule has 1 fully saturated rings. The lowest BCUT2D eigenvalue weighted by atomic mass is 9.84. The molecule has 0 aromatic heterocycles. The second kappa shape index (κ2) is 7.28. The first-order chi connectivity index (χ1) is 6.88. The average Bonchev–Trinajstić information content (AvgIpc) is 2.15. The fraction of sp³-hybridized carbons (Fsp3) is 1.00. The molecule has 0 aromatic carbocycles. The summed E-state index contributed by atoms with van der Waals surface area (Å²) in [7, 11) is 2.14. The normalized spacial score (nSPS) is 22.7. The van der Waals surface area contributed by atoms with E-state index >= 15 is 0 Å². The second-order valence-electron chi connectivity index (χ2n) is 4.79. The summed E-state index contributed by atoms with van der Waals surface area (Å²) >= 11 is 0. The van der Waals surface area contributed by atoms with Gasteiger partial charge in [-0.25, -0.2) is 0 Å². The van der Waals surface area contributed by atoms with Gasteiger partial charge in [-0.2, -0.15) is 0 Å². The number of hydrogen-bond acceptors (Lipinski definition) is 1. The Kier molecular flexibility index (Phi) is 6.25. The molecule has 14 heavy (non-hydrogen) atoms. The largest absolute Gasteiger partial charge is 0.317 e. The van der Waals surface area contributed by atoms with Crippen LogP contribution < -0.4 is 5.32 Å². The Bertz CT molecular complexity index is 125. The Morgan fingerprint density at radius 3 is 2.14 bits per heavy atom. The zero-order chi connectivity index (χ0) is 10.2. The van der Waals surface area contributed by atoms with Crippen molar-refractivity contribution >= 4 is 0 Å². The monoisotopic (exact) mass is 197 g/mol. The summed E-state index contributed by atoms with van der Waals surface area (Å²) in [6.07, 6.45) is 13.0. The van der Waals surface area contributed by atoms with Gasteiger partial charge in [0.05, 0.1) is 0 Å². The van der Waals surface area contributed by atoms with Crippen LogP contribution in [0.15, 0.2) is 0 Å². The van der Waals surface area contributed by atoms with Crippen molar-refractivity contribution in [2.24, 2.45) is 5.92 Å². The van der Waals surface area contributed by atoms with Gasteiger partial charge in [0.25, 0.3) is 0 Å². The summed E-state index contributed by atoms with van der Waals surface area (Å²) in [5, 5.41) is 3.52. The summed E-state index contributed by atoms with van der Waals surface area (Å²) in [4.78, 5) is 0. The van der Waals surface area contributed by atoms with Gasteiger partial charge in [0, 0.05) is 6.04 Å². The van der Waals surface area contributed by atoms with E-state index in [0.29, 0.717) is 0 Å². The van der Waals surface area contributed by atoms with Gasteiger partial charge in [-0.1, -0.05) is 45.4 Å². The minimum atomic E-state index is 0.790. The maximum atomic E-state index is 3.52. The molecule has 1 aliphatic carbocycles. The first-order valence-corrected chi connectivity index (χ1v) is 6.55. The zero-order valence-corrected chi connectivity index (χ0v) is 10.0. The molecule has 0 aromatic rings. The topological polar surface area (TPSA) is 12.0 Å². The maximum Gasteiger partial charge on any atom is 0.00922 e. The van der Waals surface area contributed by atoms with Gasteiger partial charge in [-0.3, -0.25) is 0 Å². The molecular weight excluding hydrogens is 170 g/mol. The molecule has 0 radical (unpaired) electrons. The first-order valence-electron chi connectivity index (χ1n) is 6.55. The van der Waals surface area contributed by atoms with E-state index in [1.54, 1.807) is 0 Å². The Morgan fingerprint density at radius 2 is 1.64 bits per heavy atom. The van der Waals surface area contributed by atoms with E-state index in [1.165, 1.54) is 57.8 Å². The summed E-state index contributed by atoms with van der Waals surface area (Å²) < 4.78 is 0. The molecular formula is C13H27N. The van der Waals surface area contributed by atoms with Gasteiger partial charge >= 0.3 is 0 Å². The number of nitrogens with one attached hydrogen (secondary N) is 1. The Morgan fingerprint density at radius 1 is 1.07 bits per heavy atom. The lowest BCUT2D eigenvalue weighted by Crippen LogP contribution is -2.33. The third kappa shape index (κ3) is 4.00. The highest BCUT2D eigenvalue weighted by molar-refractivity contribution is 4.76. The van der Waals surface area contributed by atoms with Gasteiger partial charge in [0.1, 0.15) is 0 Å². The van der Waals surface area contributed by atoms with E-state index in [1.807, 2.05) is 0 Å². The van der Waals surface area contributed by atoms with Crippen LogP contribution in [-0.4, -0.2) is 13.1 Å². The summed E-state index contributed by atoms with van der Waals surface area (Å²) in [5.74, 6) is 0.959. The fourth-order valence-electron chi connectivity index (χ4n) is 2.82. The standard InChI is InChI=1S/C13H27N/c1-3-9-13(14-2)12-10-7-5-4-6-8-11-12/h12-14H,3-11H2,1-2H3. The molecule has 0 heterocycles. The van der Waals surface area contributed by atoms with Gasteiger partial charge in [0.2, 0.25) is 0 Å². The summed E-state index contributed by atoms with van der Waals surface area (Å²) in [6.45, 7) is 2.30. The van der Waals surface area contributed by atoms with Crippen molar-refractivity contribution in [3.05, 3.63) is 0 Å². The van der Waals surface area contributed by atoms with Gasteiger partial charge < -0.3 is 5.32 Å². The average molecular weight is 197 g/mol. The van der Waals surface area contributed by atoms with Crippen LogP contribution in [0.5, 0.6) is 0 Å². The van der Waals surface area contributed by atoms with E-state index in [2.05, 4.69) is 19.3 Å². The van der Waals surface area contributed by atoms with Crippen LogP contribution in [0.4, 0.5) is 0 Å². The molecule has 1 aliphatic rings. The van der Waals surface area contributed by atoms with E-state index in [9.17, 15) is 0 Å². The van der Waals surface area contributed by atoms with Crippen LogP contribution in [0.3, 0.4) is 0 Å². The van der Waals surface area contributed by atoms with E-state index in [4.69, 9.17) is 0 Å². The van der Waals surface area contributed by atoms with Crippen molar-refractivity contribution in [1.29, 1.82) is 0 Å². The second-order valence-corrected chi connectivity index (χ2v) is 4.79. The number of hydrogen-bond donors (Lipinski definition) is 1. The zero-order valence-electron chi connectivity index (χ0n) is 10.0. The molecule has 1 saturated carbocycles. The lowest BCUT2D eigenvalue weighted by molar-refractivity contribution is 0.283. The van der Waals surface area contributed by atoms with Crippen LogP contribution >= 0.6 is 0 Å². The molecule has 1 heteroatoms. The van der Waals surface area contributed by atoms with Crippen LogP contribution in [0.2, 0.25) is 0 Å². The molecule has 0 bridgehead atoms. The highest BCUT2D eigenvalue weighted by atomic mass is 14.9. The third-order valence-electron chi connectivity index (χ3n) is 3.69. The van der Waals surface area contributed by atoms with E-state index < -0.39 is 0 Å². The van der Waals surface area contributed by atoms with E-state index in [-0.39, 0.29) is 0 Å². The Balaban J connectivity index is 2.35. The summed E-state index contributed by atoms with van der Waals surface area (Å²) in [6, 6.07) is 0.790. The molecule has 1 rings (SSSR count). The lowest BCUT2D eigenvalue weighted by Gasteiger charge is -2.28. The molecule has 0 aliphatic heterocycles. The quantitative estimate of drug-likeness (QED) is 0.724. The molecule has 0 saturated heterocycles. The predicted octanol–water partition coefficient (Wildman–Crippen LogP) is 3.74. The van der Waals surface area contributed by atoms with Crippen LogP contribution in [0, 0.1) is 5.92 Å². The molecule has 1 atom stereocenters. The Labute approximate surface area is 89.7 Å². The highest BCUT2D eigenvalue weighted by Crippen LogP contribution is 2.26. The van der Waals surface area contributed by atoms with Crippen molar-refractivity contribution in [3.8, 4) is 0 Å². The Hall–Kier alpha value is -0.0400. The van der Waals surface area contributed by atoms with Crippen molar-refractivity contribution < 1.29 is 0 Å². The fourth-order valence-corrected chi connectivity index (χ4v) is 2.82. The highest BCUT2D eigenvalue weighted by Gasteiger charge is 2.19. The smallest absolute Gasteiger partial charge is 0.00922 e. The first kappa shape index (κ1) is 12.0. The van der Waals surface area contributed by atoms with Crippen LogP contribution in [0.25, 0.3) is 0 Å². The number of rotatable bonds is 4. The van der Waals surface area contributed by atoms with Crippen molar-refractivity contribution in [2.75, 3.05) is 7.05 Å². The van der Waals surface area contributed by atoms with Crippen molar-refractivity contribution in [1.82, 2.24) is 5.32 Å². The molecule has 1 nitrogen and oxygen atoms in total. The van der Waals surface area contributed by atoms with Crippen LogP contribution in [0.1, 0.15) is 64.7 Å². The molecule has 0 spiro atoms. The van der Waals surface area contributed by atoms with Crippen molar-refractivity contribution in [3.63, 3.8) is 0 Å². The minimum absolute atomic E-state index is 0.790. The van der Waals surface area contributed by atoms with Crippen molar-refractivity contribution in [2.45, 2.75) is 70.8 Å². The maximum absolute atomic E-state index is 3.52. The molecule has 1 N–H and O–H groups in total.